The molecule has 2 aliphatic carbocycles. The van der Waals surface area contributed by atoms with Crippen LogP contribution in [0.3, 0.4) is 0 Å². The Kier molecular flexibility index (Phi) is 14.5. The maximum Gasteiger partial charge on any atom is 0.315 e. The number of likely N-dealkylation sites (N-methyl/N-ethyl adjacent to an activating group) is 1. The summed E-state index contributed by atoms with van der Waals surface area (Å²) in [5.74, 6) is -1.82. The number of ketones is 1. The highest BCUT2D eigenvalue weighted by Gasteiger charge is 2.46. The molecule has 13 nitrogen and oxygen atoms in total. The summed E-state index contributed by atoms with van der Waals surface area (Å²) in [6.07, 6.45) is 3.88. The molecule has 6 amide bonds. The Morgan fingerprint density at radius 3 is 1.98 bits per heavy atom. The molecule has 2 saturated carbocycles. The van der Waals surface area contributed by atoms with Crippen molar-refractivity contribution in [2.24, 2.45) is 34.8 Å². The van der Waals surface area contributed by atoms with E-state index >= 15 is 0 Å². The van der Waals surface area contributed by atoms with Gasteiger partial charge < -0.3 is 31.5 Å². The van der Waals surface area contributed by atoms with Gasteiger partial charge in [-0.05, 0) is 61.2 Å². The molecular formula is C33H59N7O6. The number of hydrogen-bond donors (Lipinski definition) is 5. The SMILES string of the molecule is CC(C)C.CC(C)[C@@H]1C[C@@H](C(=O)NC(NC2CCC2)C(=O)C(N)=O)N(C(=O)[C@@H](NC(=O)NCC(=O)N(C)CC2CC2)C(C)(C)C)C1. The van der Waals surface area contributed by atoms with E-state index in [9.17, 15) is 28.8 Å². The van der Waals surface area contributed by atoms with Crippen LogP contribution in [0.1, 0.15) is 93.9 Å². The van der Waals surface area contributed by atoms with Crippen LogP contribution in [0, 0.1) is 29.1 Å². The van der Waals surface area contributed by atoms with Gasteiger partial charge in [-0.3, -0.25) is 29.3 Å². The number of rotatable bonds is 13. The average Bonchev–Trinajstić information content (AvgIpc) is 3.62. The van der Waals surface area contributed by atoms with E-state index in [2.05, 4.69) is 42.0 Å². The molecule has 1 unspecified atom stereocenters. The highest BCUT2D eigenvalue weighted by Crippen LogP contribution is 2.32. The van der Waals surface area contributed by atoms with Crippen molar-refractivity contribution in [3.05, 3.63) is 0 Å². The van der Waals surface area contributed by atoms with Gasteiger partial charge in [-0.15, -0.1) is 0 Å². The van der Waals surface area contributed by atoms with Crippen molar-refractivity contribution in [2.45, 2.75) is 118 Å². The second-order valence-electron chi connectivity index (χ2n) is 15.3. The number of hydrogen-bond acceptors (Lipinski definition) is 7. The fourth-order valence-corrected chi connectivity index (χ4v) is 5.29. The first-order valence-electron chi connectivity index (χ1n) is 16.8. The Morgan fingerprint density at radius 1 is 0.935 bits per heavy atom. The van der Waals surface area contributed by atoms with Crippen LogP contribution in [0.5, 0.6) is 0 Å². The summed E-state index contributed by atoms with van der Waals surface area (Å²) in [7, 11) is 1.70. The zero-order valence-corrected chi connectivity index (χ0v) is 29.4. The van der Waals surface area contributed by atoms with Crippen molar-refractivity contribution in [3.8, 4) is 0 Å². The number of Topliss-reactive ketones (excluding diaryl/α,β-unsaturated/α-hetero) is 1. The minimum Gasteiger partial charge on any atom is -0.363 e. The molecule has 3 rings (SSSR count). The number of likely N-dealkylation sites (tertiary alicyclic amines) is 1. The number of carbonyl (C=O) groups is 6. The van der Waals surface area contributed by atoms with E-state index in [1.165, 1.54) is 4.90 Å². The van der Waals surface area contributed by atoms with E-state index in [1.54, 1.807) is 32.7 Å². The molecule has 262 valence electrons. The number of nitrogens with one attached hydrogen (secondary N) is 4. The molecule has 6 N–H and O–H groups in total. The van der Waals surface area contributed by atoms with Gasteiger partial charge in [0.15, 0.2) is 0 Å². The first-order valence-corrected chi connectivity index (χ1v) is 16.8. The number of urea groups is 1. The zero-order chi connectivity index (χ0) is 34.9. The first kappa shape index (κ1) is 39.0. The van der Waals surface area contributed by atoms with Crippen molar-refractivity contribution in [3.63, 3.8) is 0 Å². The Bertz CT molecular complexity index is 1090. The fourth-order valence-electron chi connectivity index (χ4n) is 5.29. The summed E-state index contributed by atoms with van der Waals surface area (Å²) in [5, 5.41) is 10.9. The molecule has 0 spiro atoms. The van der Waals surface area contributed by atoms with E-state index in [1.807, 2.05) is 13.8 Å². The Hall–Kier alpha value is -3.22. The molecule has 0 radical (unpaired) electrons. The summed E-state index contributed by atoms with van der Waals surface area (Å²) in [4.78, 5) is 80.1. The van der Waals surface area contributed by atoms with Gasteiger partial charge in [-0.25, -0.2) is 4.79 Å². The normalized spacial score (nSPS) is 21.0. The summed E-state index contributed by atoms with van der Waals surface area (Å²) in [6, 6.07) is -2.59. The lowest BCUT2D eigenvalue weighted by molar-refractivity contribution is -0.143. The van der Waals surface area contributed by atoms with Crippen LogP contribution in [-0.2, 0) is 24.0 Å². The van der Waals surface area contributed by atoms with Crippen LogP contribution in [0.4, 0.5) is 4.79 Å². The standard InChI is InChI=1S/C29H49N7O6.C4H10/c1-16(2)18-12-20(26(40)34-25(22(38)24(30)39)32-19-8-7-9-19)36(15-18)27(41)23(29(3,4)5)33-28(42)31-13-21(37)35(6)14-17-10-11-17;1-4(2)3/h16-20,23,25,32H,7-15H2,1-6H3,(H2,30,39)(H,34,40)(H2,31,33,42);4H,1-3H3/t18-,20+,23-,25?;/m1./s1. The number of nitrogens with two attached hydrogens (primary N) is 1. The molecule has 1 aliphatic heterocycles. The molecule has 0 aromatic rings. The van der Waals surface area contributed by atoms with Gasteiger partial charge in [-0.2, -0.15) is 0 Å². The number of nitrogens with zero attached hydrogens (tertiary/aromatic N) is 2. The molecule has 13 heteroatoms. The molecule has 46 heavy (non-hydrogen) atoms. The van der Waals surface area contributed by atoms with E-state index in [0.29, 0.717) is 25.4 Å². The van der Waals surface area contributed by atoms with Gasteiger partial charge in [0.2, 0.25) is 17.7 Å². The zero-order valence-electron chi connectivity index (χ0n) is 29.4. The minimum atomic E-state index is -1.28. The first-order chi connectivity index (χ1) is 21.3. The predicted octanol–water partition coefficient (Wildman–Crippen LogP) is 1.74. The number of primary amides is 1. The topological polar surface area (TPSA) is 183 Å². The van der Waals surface area contributed by atoms with Crippen LogP contribution in [0.15, 0.2) is 0 Å². The molecule has 4 atom stereocenters. The Labute approximate surface area is 274 Å². The summed E-state index contributed by atoms with van der Waals surface area (Å²) >= 11 is 0. The fraction of sp³-hybridized carbons (Fsp3) is 0.818. The summed E-state index contributed by atoms with van der Waals surface area (Å²) in [5.41, 5.74) is 4.51. The largest absolute Gasteiger partial charge is 0.363 e. The molecule has 0 aromatic heterocycles. The quantitative estimate of drug-likeness (QED) is 0.149. The maximum atomic E-state index is 14.0. The third-order valence-electron chi connectivity index (χ3n) is 8.60. The minimum absolute atomic E-state index is 0.00338. The van der Waals surface area contributed by atoms with Crippen molar-refractivity contribution in [2.75, 3.05) is 26.7 Å². The van der Waals surface area contributed by atoms with Crippen molar-refractivity contribution >= 4 is 35.4 Å². The molecule has 0 bridgehead atoms. The Morgan fingerprint density at radius 2 is 1.52 bits per heavy atom. The molecule has 0 aromatic carbocycles. The molecule has 3 aliphatic rings. The van der Waals surface area contributed by atoms with Gasteiger partial charge in [0.1, 0.15) is 18.2 Å². The van der Waals surface area contributed by atoms with Gasteiger partial charge in [0.05, 0.1) is 6.54 Å². The van der Waals surface area contributed by atoms with Gasteiger partial charge in [0, 0.05) is 26.2 Å². The van der Waals surface area contributed by atoms with Gasteiger partial charge in [-0.1, -0.05) is 61.8 Å². The van der Waals surface area contributed by atoms with Crippen LogP contribution in [0.25, 0.3) is 0 Å². The second kappa shape index (κ2) is 17.1. The average molecular weight is 650 g/mol. The number of amides is 6. The third-order valence-corrected chi connectivity index (χ3v) is 8.60. The molecule has 1 saturated heterocycles. The van der Waals surface area contributed by atoms with Crippen LogP contribution in [-0.4, -0.2) is 96.2 Å². The molecular weight excluding hydrogens is 590 g/mol. The highest BCUT2D eigenvalue weighted by atomic mass is 16.2. The monoisotopic (exact) mass is 649 g/mol. The van der Waals surface area contributed by atoms with Crippen molar-refractivity contribution in [1.29, 1.82) is 0 Å². The lowest BCUT2D eigenvalue weighted by Gasteiger charge is -2.36. The van der Waals surface area contributed by atoms with E-state index in [4.69, 9.17) is 5.73 Å². The second-order valence-corrected chi connectivity index (χ2v) is 15.3. The smallest absolute Gasteiger partial charge is 0.315 e. The van der Waals surface area contributed by atoms with E-state index in [-0.39, 0.29) is 30.3 Å². The number of carbonyl (C=O) groups excluding carboxylic acids is 6. The van der Waals surface area contributed by atoms with E-state index in [0.717, 1.165) is 38.0 Å². The van der Waals surface area contributed by atoms with E-state index < -0.39 is 53.2 Å². The highest BCUT2D eigenvalue weighted by molar-refractivity contribution is 6.37. The summed E-state index contributed by atoms with van der Waals surface area (Å²) < 4.78 is 0. The van der Waals surface area contributed by atoms with Gasteiger partial charge >= 0.3 is 6.03 Å². The van der Waals surface area contributed by atoms with Crippen LogP contribution >= 0.6 is 0 Å². The predicted molar refractivity (Wildman–Crippen MR) is 176 cm³/mol. The molecule has 3 fully saturated rings. The summed E-state index contributed by atoms with van der Waals surface area (Å²) in [6.45, 7) is 16.7. The third kappa shape index (κ3) is 12.2. The maximum absolute atomic E-state index is 14.0. The molecule has 1 heterocycles. The lowest BCUT2D eigenvalue weighted by Crippen LogP contribution is -2.62. The Balaban J connectivity index is 0.00000173. The van der Waals surface area contributed by atoms with Gasteiger partial charge in [0.25, 0.3) is 11.7 Å². The van der Waals surface area contributed by atoms with Crippen LogP contribution < -0.4 is 27.0 Å². The van der Waals surface area contributed by atoms with Crippen molar-refractivity contribution < 1.29 is 28.8 Å². The lowest BCUT2D eigenvalue weighted by atomic mass is 9.85. The van der Waals surface area contributed by atoms with Crippen LogP contribution in [0.2, 0.25) is 0 Å². The van der Waals surface area contributed by atoms with Crippen molar-refractivity contribution in [1.82, 2.24) is 31.1 Å².